The summed E-state index contributed by atoms with van der Waals surface area (Å²) in [5.74, 6) is 0.112. The zero-order chi connectivity index (χ0) is 13.9. The van der Waals surface area contributed by atoms with Crippen molar-refractivity contribution in [1.29, 1.82) is 5.26 Å². The third-order valence-electron chi connectivity index (χ3n) is 2.08. The van der Waals surface area contributed by atoms with Gasteiger partial charge >= 0.3 is 6.18 Å². The highest BCUT2D eigenvalue weighted by Gasteiger charge is 2.31. The Kier molecular flexibility index (Phi) is 3.29. The molecule has 0 aliphatic heterocycles. The number of anilines is 2. The van der Waals surface area contributed by atoms with Gasteiger partial charge in [0.05, 0.1) is 11.9 Å². The maximum Gasteiger partial charge on any atom is 0.433 e. The van der Waals surface area contributed by atoms with Gasteiger partial charge in [0.15, 0.2) is 0 Å². The first-order valence-electron chi connectivity index (χ1n) is 5.02. The lowest BCUT2D eigenvalue weighted by molar-refractivity contribution is -0.141. The summed E-state index contributed by atoms with van der Waals surface area (Å²) in [5.41, 5.74) is -0.537. The molecule has 2 rings (SSSR count). The van der Waals surface area contributed by atoms with Crippen molar-refractivity contribution < 1.29 is 13.2 Å². The molecule has 0 bridgehead atoms. The highest BCUT2D eigenvalue weighted by Crippen LogP contribution is 2.28. The van der Waals surface area contributed by atoms with Crippen molar-refractivity contribution in [2.24, 2.45) is 0 Å². The molecular weight excluding hydrogens is 259 g/mol. The number of alkyl halides is 3. The summed E-state index contributed by atoms with van der Waals surface area (Å²) in [4.78, 5) is 10.9. The number of aromatic nitrogens is 3. The van der Waals surface area contributed by atoms with Gasteiger partial charge in [-0.1, -0.05) is 0 Å². The minimum Gasteiger partial charge on any atom is -0.323 e. The maximum absolute atomic E-state index is 12.3. The average Bonchev–Trinajstić information content (AvgIpc) is 2.38. The molecule has 0 aromatic carbocycles. The number of hydrogen-bond donors (Lipinski definition) is 1. The fraction of sp³-hybridized carbons (Fsp3) is 0.0909. The number of nitriles is 1. The Morgan fingerprint density at radius 2 is 1.95 bits per heavy atom. The van der Waals surface area contributed by atoms with E-state index in [1.54, 1.807) is 0 Å². The Hall–Kier alpha value is -2.69. The van der Waals surface area contributed by atoms with Crippen LogP contribution in [0.3, 0.4) is 0 Å². The van der Waals surface area contributed by atoms with Crippen molar-refractivity contribution in [3.8, 4) is 6.07 Å². The van der Waals surface area contributed by atoms with Crippen LogP contribution in [0, 0.1) is 11.3 Å². The lowest BCUT2D eigenvalue weighted by atomic mass is 10.3. The molecule has 0 aliphatic carbocycles. The molecule has 0 atom stereocenters. The Morgan fingerprint density at radius 1 is 1.16 bits per heavy atom. The molecule has 96 valence electrons. The Morgan fingerprint density at radius 3 is 2.53 bits per heavy atom. The van der Waals surface area contributed by atoms with Gasteiger partial charge in [-0.3, -0.25) is 0 Å². The Labute approximate surface area is 105 Å². The van der Waals surface area contributed by atoms with Crippen LogP contribution < -0.4 is 5.32 Å². The predicted octanol–water partition coefficient (Wildman–Crippen LogP) is 2.51. The van der Waals surface area contributed by atoms with Gasteiger partial charge in [-0.25, -0.2) is 15.0 Å². The number of nitrogens with one attached hydrogen (secondary N) is 1. The van der Waals surface area contributed by atoms with Gasteiger partial charge in [0, 0.05) is 6.20 Å². The lowest BCUT2D eigenvalue weighted by Gasteiger charge is -2.07. The molecular formula is C11H6F3N5. The van der Waals surface area contributed by atoms with Gasteiger partial charge in [0.25, 0.3) is 0 Å². The SMILES string of the molecule is N#Cc1ccnc(Nc2ccc(C(F)(F)F)nc2)n1. The molecule has 0 radical (unpaired) electrons. The molecule has 0 aliphatic rings. The lowest BCUT2D eigenvalue weighted by Crippen LogP contribution is -2.07. The zero-order valence-electron chi connectivity index (χ0n) is 9.31. The molecule has 5 nitrogen and oxygen atoms in total. The van der Waals surface area contributed by atoms with Crippen LogP contribution in [0.15, 0.2) is 30.6 Å². The summed E-state index contributed by atoms with van der Waals surface area (Å²) in [6.07, 6.45) is -2.09. The first-order valence-corrected chi connectivity index (χ1v) is 5.02. The topological polar surface area (TPSA) is 74.5 Å². The number of rotatable bonds is 2. The number of nitrogens with zero attached hydrogens (tertiary/aromatic N) is 4. The molecule has 0 fully saturated rings. The normalized spacial score (nSPS) is 10.8. The molecule has 0 amide bonds. The highest BCUT2D eigenvalue weighted by atomic mass is 19.4. The minimum atomic E-state index is -4.48. The Bertz CT molecular complexity index is 615. The van der Waals surface area contributed by atoms with Crippen molar-refractivity contribution in [3.63, 3.8) is 0 Å². The number of halogens is 3. The second-order valence-electron chi connectivity index (χ2n) is 3.43. The molecule has 2 aromatic rings. The summed E-state index contributed by atoms with van der Waals surface area (Å²) in [7, 11) is 0. The van der Waals surface area contributed by atoms with E-state index >= 15 is 0 Å². The minimum absolute atomic E-state index is 0.112. The van der Waals surface area contributed by atoms with Crippen molar-refractivity contribution in [2.75, 3.05) is 5.32 Å². The van der Waals surface area contributed by atoms with E-state index in [0.717, 1.165) is 12.3 Å². The summed E-state index contributed by atoms with van der Waals surface area (Å²) in [6, 6.07) is 5.29. The van der Waals surface area contributed by atoms with Crippen LogP contribution in [-0.2, 0) is 6.18 Å². The van der Waals surface area contributed by atoms with E-state index in [1.165, 1.54) is 18.3 Å². The second-order valence-corrected chi connectivity index (χ2v) is 3.43. The van der Waals surface area contributed by atoms with E-state index in [2.05, 4.69) is 20.3 Å². The highest BCUT2D eigenvalue weighted by molar-refractivity contribution is 5.52. The summed E-state index contributed by atoms with van der Waals surface area (Å²) in [6.45, 7) is 0. The summed E-state index contributed by atoms with van der Waals surface area (Å²) < 4.78 is 36.9. The second kappa shape index (κ2) is 4.89. The van der Waals surface area contributed by atoms with Crippen molar-refractivity contribution in [1.82, 2.24) is 15.0 Å². The van der Waals surface area contributed by atoms with Gasteiger partial charge in [-0.05, 0) is 18.2 Å². The van der Waals surface area contributed by atoms with Crippen molar-refractivity contribution >= 4 is 11.6 Å². The Balaban J connectivity index is 2.18. The van der Waals surface area contributed by atoms with Crippen molar-refractivity contribution in [2.45, 2.75) is 6.18 Å². The zero-order valence-corrected chi connectivity index (χ0v) is 9.31. The third kappa shape index (κ3) is 3.16. The molecule has 0 saturated carbocycles. The van der Waals surface area contributed by atoms with E-state index in [-0.39, 0.29) is 11.6 Å². The maximum atomic E-state index is 12.3. The standard InChI is InChI=1S/C11H6F3N5/c12-11(13,14)9-2-1-8(6-17-9)19-10-16-4-3-7(5-15)18-10/h1-4,6H,(H,16,18,19). The first-order chi connectivity index (χ1) is 8.99. The quantitative estimate of drug-likeness (QED) is 0.902. The van der Waals surface area contributed by atoms with Crippen molar-refractivity contribution in [3.05, 3.63) is 42.0 Å². The van der Waals surface area contributed by atoms with Crippen LogP contribution in [0.4, 0.5) is 24.8 Å². The van der Waals surface area contributed by atoms with Crippen LogP contribution in [0.25, 0.3) is 0 Å². The van der Waals surface area contributed by atoms with Gasteiger partial charge in [-0.15, -0.1) is 0 Å². The van der Waals surface area contributed by atoms with Gasteiger partial charge < -0.3 is 5.32 Å². The molecule has 0 saturated heterocycles. The summed E-state index contributed by atoms with van der Waals surface area (Å²) >= 11 is 0. The largest absolute Gasteiger partial charge is 0.433 e. The van der Waals surface area contributed by atoms with Gasteiger partial charge in [0.1, 0.15) is 17.5 Å². The van der Waals surface area contributed by atoms with E-state index < -0.39 is 11.9 Å². The fourth-order valence-electron chi connectivity index (χ4n) is 1.25. The molecule has 0 unspecified atom stereocenters. The molecule has 2 aromatic heterocycles. The van der Waals surface area contributed by atoms with Crippen LogP contribution in [0.2, 0.25) is 0 Å². The van der Waals surface area contributed by atoms with E-state index in [9.17, 15) is 13.2 Å². The molecule has 19 heavy (non-hydrogen) atoms. The van der Waals surface area contributed by atoms with Gasteiger partial charge in [-0.2, -0.15) is 18.4 Å². The molecule has 2 heterocycles. The van der Waals surface area contributed by atoms with E-state index in [4.69, 9.17) is 5.26 Å². The van der Waals surface area contributed by atoms with E-state index in [1.807, 2.05) is 6.07 Å². The smallest absolute Gasteiger partial charge is 0.323 e. The van der Waals surface area contributed by atoms with Crippen LogP contribution in [-0.4, -0.2) is 15.0 Å². The fourth-order valence-corrected chi connectivity index (χ4v) is 1.25. The average molecular weight is 265 g/mol. The van der Waals surface area contributed by atoms with Crippen LogP contribution in [0.5, 0.6) is 0 Å². The van der Waals surface area contributed by atoms with Gasteiger partial charge in [0.2, 0.25) is 5.95 Å². The number of pyridine rings is 1. The number of hydrogen-bond acceptors (Lipinski definition) is 5. The van der Waals surface area contributed by atoms with Crippen LogP contribution in [0.1, 0.15) is 11.4 Å². The third-order valence-corrected chi connectivity index (χ3v) is 2.08. The monoisotopic (exact) mass is 265 g/mol. The first kappa shape index (κ1) is 12.8. The molecule has 1 N–H and O–H groups in total. The molecule has 0 spiro atoms. The van der Waals surface area contributed by atoms with Crippen LogP contribution >= 0.6 is 0 Å². The molecule has 8 heteroatoms. The summed E-state index contributed by atoms with van der Waals surface area (Å²) in [5, 5.41) is 11.3. The predicted molar refractivity (Wildman–Crippen MR) is 59.3 cm³/mol. The van der Waals surface area contributed by atoms with E-state index in [0.29, 0.717) is 5.69 Å².